The van der Waals surface area contributed by atoms with Crippen LogP contribution in [0.15, 0.2) is 33.0 Å². The number of carbonyl (C=O) groups is 1. The normalized spacial score (nSPS) is 15.5. The predicted molar refractivity (Wildman–Crippen MR) is 115 cm³/mol. The molecule has 1 N–H and O–H groups in total. The maximum Gasteiger partial charge on any atom is 0.268 e. The van der Waals surface area contributed by atoms with Crippen molar-refractivity contribution in [2.24, 2.45) is 0 Å². The fourth-order valence-corrected chi connectivity index (χ4v) is 5.15. The molecule has 0 saturated heterocycles. The number of methoxy groups -OCH3 is 1. The van der Waals surface area contributed by atoms with Gasteiger partial charge in [0.25, 0.3) is 5.56 Å². The molecule has 2 aromatic rings. The van der Waals surface area contributed by atoms with Crippen LogP contribution in [0.2, 0.25) is 0 Å². The second-order valence-electron chi connectivity index (χ2n) is 6.97. The fraction of sp³-hybridized carbons (Fsp3) is 0.450. The highest BCUT2D eigenvalue weighted by atomic mass is 32.2. The zero-order chi connectivity index (χ0) is 20.3. The molecule has 28 heavy (non-hydrogen) atoms. The van der Waals surface area contributed by atoms with Crippen LogP contribution in [0.5, 0.6) is 0 Å². The summed E-state index contributed by atoms with van der Waals surface area (Å²) in [5.41, 5.74) is 3.79. The summed E-state index contributed by atoms with van der Waals surface area (Å²) >= 11 is 2.87. The van der Waals surface area contributed by atoms with Gasteiger partial charge in [0.05, 0.1) is 29.5 Å². The molecule has 150 valence electrons. The van der Waals surface area contributed by atoms with E-state index in [1.165, 1.54) is 11.8 Å². The third-order valence-electron chi connectivity index (χ3n) is 4.32. The average molecular weight is 420 g/mol. The quantitative estimate of drug-likeness (QED) is 0.548. The van der Waals surface area contributed by atoms with Crippen molar-refractivity contribution in [3.63, 3.8) is 0 Å². The molecule has 1 aromatic carbocycles. The molecule has 0 saturated carbocycles. The van der Waals surface area contributed by atoms with Crippen molar-refractivity contribution in [3.05, 3.63) is 45.4 Å². The van der Waals surface area contributed by atoms with Gasteiger partial charge < -0.3 is 10.1 Å². The van der Waals surface area contributed by atoms with Crippen LogP contribution in [-0.4, -0.2) is 40.2 Å². The molecule has 0 bridgehead atoms. The molecule has 0 radical (unpaired) electrons. The minimum Gasteiger partial charge on any atom is -0.383 e. The summed E-state index contributed by atoms with van der Waals surface area (Å²) in [6, 6.07) is 5.94. The lowest BCUT2D eigenvalue weighted by atomic mass is 10.1. The van der Waals surface area contributed by atoms with Crippen molar-refractivity contribution in [1.82, 2.24) is 9.55 Å². The maximum absolute atomic E-state index is 12.9. The Morgan fingerprint density at radius 2 is 2.07 bits per heavy atom. The van der Waals surface area contributed by atoms with E-state index < -0.39 is 0 Å². The van der Waals surface area contributed by atoms with Gasteiger partial charge in [-0.2, -0.15) is 0 Å². The lowest BCUT2D eigenvalue weighted by Crippen LogP contribution is -2.27. The number of anilines is 1. The van der Waals surface area contributed by atoms with Crippen LogP contribution < -0.4 is 10.9 Å². The second kappa shape index (κ2) is 9.15. The molecule has 1 amide bonds. The molecule has 0 fully saturated rings. The zero-order valence-corrected chi connectivity index (χ0v) is 18.2. The Hall–Kier alpha value is -1.77. The average Bonchev–Trinajstić information content (AvgIpc) is 2.99. The number of fused-ring (bicyclic) bond motifs is 1. The highest BCUT2D eigenvalue weighted by molar-refractivity contribution is 8.00. The lowest BCUT2D eigenvalue weighted by molar-refractivity contribution is -0.113. The summed E-state index contributed by atoms with van der Waals surface area (Å²) in [6.07, 6.45) is 0.780. The molecular formula is C20H25N3O3S2. The Balaban J connectivity index is 1.75. The molecule has 0 aliphatic carbocycles. The Morgan fingerprint density at radius 1 is 1.36 bits per heavy atom. The molecule has 8 heteroatoms. The smallest absolute Gasteiger partial charge is 0.268 e. The summed E-state index contributed by atoms with van der Waals surface area (Å²) < 4.78 is 6.77. The molecule has 6 nitrogen and oxygen atoms in total. The van der Waals surface area contributed by atoms with Crippen LogP contribution in [0.4, 0.5) is 5.69 Å². The molecular weight excluding hydrogens is 394 g/mol. The molecule has 3 rings (SSSR count). The number of ether oxygens (including phenoxy) is 1. The fourth-order valence-electron chi connectivity index (χ4n) is 3.20. The van der Waals surface area contributed by atoms with E-state index in [4.69, 9.17) is 9.72 Å². The summed E-state index contributed by atoms with van der Waals surface area (Å²) in [6.45, 7) is 6.93. The lowest BCUT2D eigenvalue weighted by Gasteiger charge is -2.13. The molecule has 2 heterocycles. The van der Waals surface area contributed by atoms with Crippen LogP contribution in [0.1, 0.15) is 23.7 Å². The van der Waals surface area contributed by atoms with Gasteiger partial charge in [-0.15, -0.1) is 11.8 Å². The van der Waals surface area contributed by atoms with E-state index >= 15 is 0 Å². The first-order chi connectivity index (χ1) is 13.4. The number of rotatable bonds is 7. The van der Waals surface area contributed by atoms with E-state index in [1.807, 2.05) is 26.0 Å². The monoisotopic (exact) mass is 419 g/mol. The second-order valence-corrected chi connectivity index (χ2v) is 9.36. The van der Waals surface area contributed by atoms with E-state index in [2.05, 4.69) is 18.3 Å². The van der Waals surface area contributed by atoms with Crippen LogP contribution in [0.3, 0.4) is 0 Å². The molecule has 1 aromatic heterocycles. The molecule has 1 atom stereocenters. The first kappa shape index (κ1) is 21.0. The summed E-state index contributed by atoms with van der Waals surface area (Å²) in [5, 5.41) is 3.85. The van der Waals surface area contributed by atoms with Gasteiger partial charge in [0.1, 0.15) is 0 Å². The number of nitrogens with one attached hydrogen (secondary N) is 1. The number of amides is 1. The van der Waals surface area contributed by atoms with Crippen LogP contribution >= 0.6 is 23.5 Å². The van der Waals surface area contributed by atoms with Gasteiger partial charge in [-0.1, -0.05) is 24.8 Å². The third kappa shape index (κ3) is 4.98. The van der Waals surface area contributed by atoms with Crippen molar-refractivity contribution in [3.8, 4) is 0 Å². The molecule has 0 unspecified atom stereocenters. The highest BCUT2D eigenvalue weighted by Gasteiger charge is 2.26. The number of carbonyl (C=O) groups excluding carboxylic acids is 1. The van der Waals surface area contributed by atoms with E-state index in [1.54, 1.807) is 23.4 Å². The molecule has 0 spiro atoms. The molecule has 1 aliphatic heterocycles. The Morgan fingerprint density at radius 3 is 2.75 bits per heavy atom. The summed E-state index contributed by atoms with van der Waals surface area (Å²) in [7, 11) is 1.60. The number of aryl methyl sites for hydroxylation is 2. The summed E-state index contributed by atoms with van der Waals surface area (Å²) in [4.78, 5) is 30.7. The van der Waals surface area contributed by atoms with Crippen molar-refractivity contribution < 1.29 is 9.53 Å². The van der Waals surface area contributed by atoms with E-state index in [0.717, 1.165) is 33.8 Å². The first-order valence-corrected chi connectivity index (χ1v) is 11.0. The van der Waals surface area contributed by atoms with Crippen molar-refractivity contribution >= 4 is 35.1 Å². The predicted octanol–water partition coefficient (Wildman–Crippen LogP) is 3.27. The number of hydrogen-bond acceptors (Lipinski definition) is 6. The van der Waals surface area contributed by atoms with Gasteiger partial charge in [-0.25, -0.2) is 4.98 Å². The number of benzene rings is 1. The number of nitrogens with zero attached hydrogens (tertiary/aromatic N) is 2. The Kier molecular flexibility index (Phi) is 6.85. The van der Waals surface area contributed by atoms with E-state index in [0.29, 0.717) is 23.6 Å². The number of thioether (sulfide) groups is 2. The van der Waals surface area contributed by atoms with Gasteiger partial charge in [0, 0.05) is 24.5 Å². The minimum absolute atomic E-state index is 0.0337. The summed E-state index contributed by atoms with van der Waals surface area (Å²) in [5.74, 6) is 0.0687. The third-order valence-corrected chi connectivity index (χ3v) is 6.51. The largest absolute Gasteiger partial charge is 0.383 e. The van der Waals surface area contributed by atoms with Crippen molar-refractivity contribution in [1.29, 1.82) is 0 Å². The van der Waals surface area contributed by atoms with E-state index in [9.17, 15) is 9.59 Å². The highest BCUT2D eigenvalue weighted by Crippen LogP contribution is 2.34. The van der Waals surface area contributed by atoms with Gasteiger partial charge >= 0.3 is 0 Å². The maximum atomic E-state index is 12.9. The van der Waals surface area contributed by atoms with Gasteiger partial charge in [-0.3, -0.25) is 14.2 Å². The minimum atomic E-state index is -0.120. The van der Waals surface area contributed by atoms with Crippen LogP contribution in [0, 0.1) is 13.8 Å². The van der Waals surface area contributed by atoms with Crippen molar-refractivity contribution in [2.75, 3.05) is 24.8 Å². The van der Waals surface area contributed by atoms with Gasteiger partial charge in [0.2, 0.25) is 5.91 Å². The van der Waals surface area contributed by atoms with Crippen LogP contribution in [-0.2, 0) is 22.5 Å². The Labute approximate surface area is 173 Å². The Bertz CT molecular complexity index is 923. The van der Waals surface area contributed by atoms with Crippen LogP contribution in [0.25, 0.3) is 0 Å². The number of hydrogen-bond donors (Lipinski definition) is 1. The van der Waals surface area contributed by atoms with Gasteiger partial charge in [0.15, 0.2) is 5.16 Å². The molecule has 1 aliphatic rings. The zero-order valence-electron chi connectivity index (χ0n) is 16.6. The van der Waals surface area contributed by atoms with Gasteiger partial charge in [-0.05, 0) is 37.1 Å². The standard InChI is InChI=1S/C20H25N3O3S2/c1-12-7-13(2)9-15(8-12)21-17(24)11-27-20-22-16-10-14(3)28-18(16)19(25)23(20)5-6-26-4/h7-9,14H,5-6,10-11H2,1-4H3,(H,21,24)/t14-/m0/s1. The SMILES string of the molecule is COCCn1c(SCC(=O)Nc2cc(C)cc(C)c2)nc2c(c1=O)S[C@@H](C)C2. The van der Waals surface area contributed by atoms with E-state index in [-0.39, 0.29) is 17.2 Å². The van der Waals surface area contributed by atoms with Crippen molar-refractivity contribution in [2.45, 2.75) is 49.0 Å². The number of aromatic nitrogens is 2. The first-order valence-electron chi connectivity index (χ1n) is 9.17. The topological polar surface area (TPSA) is 73.2 Å².